The summed E-state index contributed by atoms with van der Waals surface area (Å²) in [6, 6.07) is 13.6. The first-order valence-corrected chi connectivity index (χ1v) is 12.0. The molecule has 0 radical (unpaired) electrons. The van der Waals surface area contributed by atoms with E-state index in [9.17, 15) is 9.59 Å². The van der Waals surface area contributed by atoms with Crippen molar-refractivity contribution in [1.82, 2.24) is 4.31 Å². The minimum Gasteiger partial charge on any atom is -0.491 e. The standard InChI is InChI=1S/C23H28N2O5S.C2H6/c1-17(2)30-20-6-8-21(9-7-20)31-25-12-10-24(11-13-25)19-5-4-18(15-26)22(14-19)29-16-23(27)28-3;1-2/h4-9,14-15,17H,10-13,16H2,1-3H3;1-2H3. The van der Waals surface area contributed by atoms with Gasteiger partial charge in [0.05, 0.1) is 18.8 Å². The number of hydrogen-bond acceptors (Lipinski definition) is 8. The predicted octanol–water partition coefficient (Wildman–Crippen LogP) is 4.69. The van der Waals surface area contributed by atoms with Gasteiger partial charge in [0.1, 0.15) is 11.5 Å². The van der Waals surface area contributed by atoms with Crippen molar-refractivity contribution in [1.29, 1.82) is 0 Å². The molecule has 0 aromatic heterocycles. The molecular weight excluding hydrogens is 440 g/mol. The Hall–Kier alpha value is -2.71. The Kier molecular flexibility index (Phi) is 11.1. The Morgan fingerprint density at radius 3 is 2.30 bits per heavy atom. The molecule has 2 aromatic rings. The van der Waals surface area contributed by atoms with Crippen LogP contribution in [0.1, 0.15) is 38.1 Å². The molecule has 0 atom stereocenters. The summed E-state index contributed by atoms with van der Waals surface area (Å²) in [6.45, 7) is 11.3. The summed E-state index contributed by atoms with van der Waals surface area (Å²) < 4.78 is 18.1. The van der Waals surface area contributed by atoms with E-state index in [1.807, 2.05) is 52.0 Å². The fourth-order valence-electron chi connectivity index (χ4n) is 3.18. The highest BCUT2D eigenvalue weighted by atomic mass is 32.2. The molecule has 2 aromatic carbocycles. The average Bonchev–Trinajstić information content (AvgIpc) is 2.85. The largest absolute Gasteiger partial charge is 0.491 e. The number of aldehydes is 1. The summed E-state index contributed by atoms with van der Waals surface area (Å²) in [4.78, 5) is 26.1. The number of esters is 1. The van der Waals surface area contributed by atoms with Crippen LogP contribution in [0, 0.1) is 0 Å². The van der Waals surface area contributed by atoms with Gasteiger partial charge in [-0.25, -0.2) is 9.10 Å². The van der Waals surface area contributed by atoms with Crippen molar-refractivity contribution in [2.75, 3.05) is 44.8 Å². The number of carbonyl (C=O) groups excluding carboxylic acids is 2. The van der Waals surface area contributed by atoms with Gasteiger partial charge in [-0.2, -0.15) is 0 Å². The quantitative estimate of drug-likeness (QED) is 0.294. The summed E-state index contributed by atoms with van der Waals surface area (Å²) >= 11 is 1.74. The second-order valence-electron chi connectivity index (χ2n) is 7.35. The van der Waals surface area contributed by atoms with Gasteiger partial charge in [-0.3, -0.25) is 4.79 Å². The fraction of sp³-hybridized carbons (Fsp3) is 0.440. The molecule has 1 fully saturated rings. The van der Waals surface area contributed by atoms with Crippen LogP contribution in [0.5, 0.6) is 11.5 Å². The van der Waals surface area contributed by atoms with Gasteiger partial charge < -0.3 is 19.1 Å². The molecule has 0 unspecified atom stereocenters. The Balaban J connectivity index is 0.00000187. The lowest BCUT2D eigenvalue weighted by molar-refractivity contribution is -0.142. The van der Waals surface area contributed by atoms with Crippen molar-refractivity contribution in [2.45, 2.75) is 38.7 Å². The molecule has 3 rings (SSSR count). The van der Waals surface area contributed by atoms with E-state index >= 15 is 0 Å². The van der Waals surface area contributed by atoms with Gasteiger partial charge in [0.15, 0.2) is 12.9 Å². The van der Waals surface area contributed by atoms with Crippen molar-refractivity contribution in [2.24, 2.45) is 0 Å². The molecule has 0 spiro atoms. The highest BCUT2D eigenvalue weighted by Gasteiger charge is 2.19. The maximum absolute atomic E-state index is 11.4. The first kappa shape index (κ1) is 26.5. The Morgan fingerprint density at radius 2 is 1.73 bits per heavy atom. The average molecular weight is 475 g/mol. The number of rotatable bonds is 9. The van der Waals surface area contributed by atoms with Gasteiger partial charge in [0, 0.05) is 42.8 Å². The number of carbonyl (C=O) groups is 2. The summed E-state index contributed by atoms with van der Waals surface area (Å²) in [5.41, 5.74) is 1.37. The first-order chi connectivity index (χ1) is 16.0. The van der Waals surface area contributed by atoms with Gasteiger partial charge in [-0.05, 0) is 62.2 Å². The zero-order valence-electron chi connectivity index (χ0n) is 20.1. The van der Waals surface area contributed by atoms with E-state index in [4.69, 9.17) is 9.47 Å². The van der Waals surface area contributed by atoms with Crippen molar-refractivity contribution < 1.29 is 23.8 Å². The fourth-order valence-corrected chi connectivity index (χ4v) is 4.08. The number of methoxy groups -OCH3 is 1. The second kappa shape index (κ2) is 13.7. The smallest absolute Gasteiger partial charge is 0.343 e. The van der Waals surface area contributed by atoms with E-state index in [0.717, 1.165) is 43.9 Å². The molecule has 1 heterocycles. The molecule has 0 N–H and O–H groups in total. The molecule has 0 bridgehead atoms. The zero-order valence-corrected chi connectivity index (χ0v) is 20.9. The van der Waals surface area contributed by atoms with Crippen LogP contribution in [0.2, 0.25) is 0 Å². The monoisotopic (exact) mass is 474 g/mol. The molecule has 1 aliphatic rings. The van der Waals surface area contributed by atoms with Crippen molar-refractivity contribution in [3.8, 4) is 11.5 Å². The van der Waals surface area contributed by atoms with Crippen LogP contribution in [-0.2, 0) is 9.53 Å². The minimum atomic E-state index is -0.489. The predicted molar refractivity (Wildman–Crippen MR) is 133 cm³/mol. The summed E-state index contributed by atoms with van der Waals surface area (Å²) in [7, 11) is 1.30. The highest BCUT2D eigenvalue weighted by Crippen LogP contribution is 2.29. The lowest BCUT2D eigenvalue weighted by Gasteiger charge is -2.35. The molecule has 180 valence electrons. The molecule has 33 heavy (non-hydrogen) atoms. The van der Waals surface area contributed by atoms with Crippen LogP contribution in [0.15, 0.2) is 47.4 Å². The SMILES string of the molecule is CC.COC(=O)COc1cc(N2CCN(Sc3ccc(OC(C)C)cc3)CC2)ccc1C=O. The maximum Gasteiger partial charge on any atom is 0.343 e. The zero-order chi connectivity index (χ0) is 24.2. The van der Waals surface area contributed by atoms with Gasteiger partial charge in [-0.15, -0.1) is 0 Å². The van der Waals surface area contributed by atoms with Gasteiger partial charge >= 0.3 is 5.97 Å². The molecule has 1 saturated heterocycles. The van der Waals surface area contributed by atoms with Crippen molar-refractivity contribution >= 4 is 29.9 Å². The third-order valence-electron chi connectivity index (χ3n) is 4.73. The minimum absolute atomic E-state index is 0.165. The van der Waals surface area contributed by atoms with Crippen LogP contribution < -0.4 is 14.4 Å². The lowest BCUT2D eigenvalue weighted by Crippen LogP contribution is -2.43. The lowest BCUT2D eigenvalue weighted by atomic mass is 10.1. The van der Waals surface area contributed by atoms with E-state index in [-0.39, 0.29) is 12.7 Å². The topological polar surface area (TPSA) is 68.3 Å². The number of hydrogen-bond donors (Lipinski definition) is 0. The van der Waals surface area contributed by atoms with Crippen LogP contribution in [0.25, 0.3) is 0 Å². The number of benzene rings is 2. The molecular formula is C25H34N2O5S. The number of anilines is 1. The molecule has 0 aliphatic carbocycles. The Morgan fingerprint density at radius 1 is 1.06 bits per heavy atom. The van der Waals surface area contributed by atoms with Gasteiger partial charge in [0.25, 0.3) is 0 Å². The summed E-state index contributed by atoms with van der Waals surface area (Å²) in [5.74, 6) is 0.781. The summed E-state index contributed by atoms with van der Waals surface area (Å²) in [5, 5.41) is 0. The first-order valence-electron chi connectivity index (χ1n) is 11.2. The van der Waals surface area contributed by atoms with Crippen LogP contribution in [0.4, 0.5) is 5.69 Å². The van der Waals surface area contributed by atoms with Crippen molar-refractivity contribution in [3.05, 3.63) is 48.0 Å². The van der Waals surface area contributed by atoms with Gasteiger partial charge in [0.2, 0.25) is 0 Å². The molecule has 0 saturated carbocycles. The van der Waals surface area contributed by atoms with Crippen LogP contribution >= 0.6 is 11.9 Å². The molecule has 7 nitrogen and oxygen atoms in total. The normalized spacial score (nSPS) is 13.7. The second-order valence-corrected chi connectivity index (χ2v) is 8.52. The third kappa shape index (κ3) is 8.29. The van der Waals surface area contributed by atoms with E-state index in [1.54, 1.807) is 18.0 Å². The number of nitrogens with zero attached hydrogens (tertiary/aromatic N) is 2. The Labute approximate surface area is 201 Å². The van der Waals surface area contributed by atoms with Crippen LogP contribution in [0.3, 0.4) is 0 Å². The van der Waals surface area contributed by atoms with Crippen molar-refractivity contribution in [3.63, 3.8) is 0 Å². The van der Waals surface area contributed by atoms with Gasteiger partial charge in [-0.1, -0.05) is 13.8 Å². The van der Waals surface area contributed by atoms with E-state index < -0.39 is 5.97 Å². The van der Waals surface area contributed by atoms with Crippen LogP contribution in [-0.4, -0.2) is 62.6 Å². The van der Waals surface area contributed by atoms with E-state index in [1.165, 1.54) is 12.0 Å². The molecule has 8 heteroatoms. The number of ether oxygens (including phenoxy) is 3. The summed E-state index contributed by atoms with van der Waals surface area (Å²) in [6.07, 6.45) is 0.890. The molecule has 1 aliphatic heterocycles. The molecule has 0 amide bonds. The maximum atomic E-state index is 11.4. The Bertz CT molecular complexity index is 881. The van der Waals surface area contributed by atoms with E-state index in [2.05, 4.69) is 26.1 Å². The number of piperazine rings is 1. The van der Waals surface area contributed by atoms with E-state index in [0.29, 0.717) is 11.3 Å². The highest BCUT2D eigenvalue weighted by molar-refractivity contribution is 7.97. The third-order valence-corrected chi connectivity index (χ3v) is 5.84.